The summed E-state index contributed by atoms with van der Waals surface area (Å²) < 4.78 is 9.94. The number of imide groups is 1. The molecule has 0 aromatic heterocycles. The molecule has 7 nitrogen and oxygen atoms in total. The van der Waals surface area contributed by atoms with Crippen molar-refractivity contribution >= 4 is 17.9 Å². The van der Waals surface area contributed by atoms with Gasteiger partial charge >= 0.3 is 12.0 Å². The molecule has 0 saturated heterocycles. The maximum absolute atomic E-state index is 11.8. The first-order valence-electron chi connectivity index (χ1n) is 5.85. The first-order chi connectivity index (χ1) is 9.47. The molecule has 3 amide bonds. The molecule has 0 aliphatic rings. The van der Waals surface area contributed by atoms with Gasteiger partial charge in [-0.2, -0.15) is 0 Å². The molecule has 1 atom stereocenters. The maximum Gasteiger partial charge on any atom is 0.339 e. The lowest BCUT2D eigenvalue weighted by atomic mass is 10.2. The number of amides is 3. The van der Waals surface area contributed by atoms with Crippen LogP contribution in [0, 0.1) is 0 Å². The highest BCUT2D eigenvalue weighted by molar-refractivity contribution is 5.98. The van der Waals surface area contributed by atoms with Crippen LogP contribution in [0.5, 0.6) is 5.75 Å². The number of hydrogen-bond acceptors (Lipinski definition) is 5. The fraction of sp³-hybridized carbons (Fsp3) is 0.308. The van der Waals surface area contributed by atoms with Crippen molar-refractivity contribution in [3.8, 4) is 5.75 Å². The van der Waals surface area contributed by atoms with Crippen molar-refractivity contribution < 1.29 is 23.9 Å². The Morgan fingerprint density at radius 1 is 1.25 bits per heavy atom. The fourth-order valence-electron chi connectivity index (χ4n) is 1.31. The first-order valence-corrected chi connectivity index (χ1v) is 5.85. The minimum atomic E-state index is -1.09. The average molecular weight is 280 g/mol. The Morgan fingerprint density at radius 2 is 1.95 bits per heavy atom. The number of nitrogens with one attached hydrogen (secondary N) is 2. The van der Waals surface area contributed by atoms with Gasteiger partial charge in [-0.1, -0.05) is 6.07 Å². The van der Waals surface area contributed by atoms with Gasteiger partial charge in [0.2, 0.25) is 0 Å². The van der Waals surface area contributed by atoms with Crippen LogP contribution in [0.15, 0.2) is 24.3 Å². The number of benzene rings is 1. The Kier molecular flexibility index (Phi) is 5.52. The van der Waals surface area contributed by atoms with Crippen molar-refractivity contribution in [1.29, 1.82) is 0 Å². The van der Waals surface area contributed by atoms with Crippen molar-refractivity contribution in [3.63, 3.8) is 0 Å². The number of urea groups is 1. The molecule has 0 fully saturated rings. The quantitative estimate of drug-likeness (QED) is 0.792. The van der Waals surface area contributed by atoms with Crippen molar-refractivity contribution in [1.82, 2.24) is 10.6 Å². The van der Waals surface area contributed by atoms with Crippen molar-refractivity contribution in [2.75, 3.05) is 14.2 Å². The zero-order valence-corrected chi connectivity index (χ0v) is 11.4. The molecule has 1 aromatic rings. The lowest BCUT2D eigenvalue weighted by molar-refractivity contribution is -0.127. The van der Waals surface area contributed by atoms with E-state index in [0.29, 0.717) is 5.75 Å². The third kappa shape index (κ3) is 4.27. The van der Waals surface area contributed by atoms with E-state index in [2.05, 4.69) is 5.32 Å². The lowest BCUT2D eigenvalue weighted by Gasteiger charge is -2.13. The zero-order chi connectivity index (χ0) is 15.1. The Bertz CT molecular complexity index is 515. The Balaban J connectivity index is 2.65. The van der Waals surface area contributed by atoms with Gasteiger partial charge in [0.15, 0.2) is 6.10 Å². The summed E-state index contributed by atoms with van der Waals surface area (Å²) in [5.41, 5.74) is 0.254. The average Bonchev–Trinajstić information content (AvgIpc) is 2.46. The molecule has 1 aromatic carbocycles. The Hall–Kier alpha value is -2.57. The summed E-state index contributed by atoms with van der Waals surface area (Å²) in [6.45, 7) is 1.37. The van der Waals surface area contributed by atoms with Crippen LogP contribution in [0.2, 0.25) is 0 Å². The molecule has 2 N–H and O–H groups in total. The van der Waals surface area contributed by atoms with Gasteiger partial charge in [-0.05, 0) is 25.1 Å². The molecular weight excluding hydrogens is 264 g/mol. The van der Waals surface area contributed by atoms with E-state index < -0.39 is 24.0 Å². The number of ether oxygens (including phenoxy) is 2. The van der Waals surface area contributed by atoms with Crippen molar-refractivity contribution in [3.05, 3.63) is 29.8 Å². The van der Waals surface area contributed by atoms with Crippen LogP contribution in [-0.4, -0.2) is 38.2 Å². The third-order valence-electron chi connectivity index (χ3n) is 2.42. The summed E-state index contributed by atoms with van der Waals surface area (Å²) in [5, 5.41) is 4.24. The normalized spacial score (nSPS) is 11.2. The molecule has 108 valence electrons. The number of carbonyl (C=O) groups is 3. The van der Waals surface area contributed by atoms with Gasteiger partial charge in [-0.3, -0.25) is 10.1 Å². The fourth-order valence-corrected chi connectivity index (χ4v) is 1.31. The highest BCUT2D eigenvalue weighted by atomic mass is 16.5. The van der Waals surface area contributed by atoms with Gasteiger partial charge < -0.3 is 14.8 Å². The molecular formula is C13H16N2O5. The molecule has 0 aliphatic heterocycles. The number of carbonyl (C=O) groups excluding carboxylic acids is 3. The SMILES string of the molecule is CNC(=O)NC(=O)[C@H](C)OC(=O)c1cccc(OC)c1. The molecule has 20 heavy (non-hydrogen) atoms. The van der Waals surface area contributed by atoms with Crippen LogP contribution in [0.1, 0.15) is 17.3 Å². The molecule has 0 unspecified atom stereocenters. The second-order valence-electron chi connectivity index (χ2n) is 3.85. The number of esters is 1. The van der Waals surface area contributed by atoms with Crippen LogP contribution in [0.4, 0.5) is 4.79 Å². The summed E-state index contributed by atoms with van der Waals surface area (Å²) in [6.07, 6.45) is -1.09. The topological polar surface area (TPSA) is 93.7 Å². The first kappa shape index (κ1) is 15.5. The molecule has 1 rings (SSSR count). The second-order valence-corrected chi connectivity index (χ2v) is 3.85. The van der Waals surface area contributed by atoms with Gasteiger partial charge in [0, 0.05) is 7.05 Å². The minimum absolute atomic E-state index is 0.254. The molecule has 0 saturated carbocycles. The van der Waals surface area contributed by atoms with Gasteiger partial charge in [-0.15, -0.1) is 0 Å². The minimum Gasteiger partial charge on any atom is -0.497 e. The van der Waals surface area contributed by atoms with Gasteiger partial charge in [-0.25, -0.2) is 9.59 Å². The predicted octanol–water partition coefficient (Wildman–Crippen LogP) is 0.696. The zero-order valence-electron chi connectivity index (χ0n) is 11.4. The lowest BCUT2D eigenvalue weighted by Crippen LogP contribution is -2.43. The van der Waals surface area contributed by atoms with E-state index in [9.17, 15) is 14.4 Å². The van der Waals surface area contributed by atoms with E-state index in [0.717, 1.165) is 0 Å². The van der Waals surface area contributed by atoms with Crippen LogP contribution in [0.3, 0.4) is 0 Å². The number of methoxy groups -OCH3 is 1. The van der Waals surface area contributed by atoms with Crippen molar-refractivity contribution in [2.45, 2.75) is 13.0 Å². The highest BCUT2D eigenvalue weighted by Crippen LogP contribution is 2.14. The Labute approximate surface area is 116 Å². The standard InChI is InChI=1S/C13H16N2O5/c1-8(11(16)15-13(18)14-2)20-12(17)9-5-4-6-10(7-9)19-3/h4-8H,1-3H3,(H2,14,15,16,18)/t8-/m0/s1. The number of rotatable bonds is 4. The third-order valence-corrected chi connectivity index (χ3v) is 2.42. The maximum atomic E-state index is 11.8. The van der Waals surface area contributed by atoms with E-state index in [1.165, 1.54) is 33.2 Å². The molecule has 0 heterocycles. The summed E-state index contributed by atoms with van der Waals surface area (Å²) >= 11 is 0. The molecule has 0 radical (unpaired) electrons. The van der Waals surface area contributed by atoms with Crippen LogP contribution < -0.4 is 15.4 Å². The summed E-state index contributed by atoms with van der Waals surface area (Å²) in [7, 11) is 2.85. The summed E-state index contributed by atoms with van der Waals surface area (Å²) in [5.74, 6) is -0.883. The van der Waals surface area contributed by atoms with Gasteiger partial charge in [0.1, 0.15) is 5.75 Å². The van der Waals surface area contributed by atoms with E-state index in [1.807, 2.05) is 5.32 Å². The molecule has 0 spiro atoms. The van der Waals surface area contributed by atoms with Crippen LogP contribution in [0.25, 0.3) is 0 Å². The summed E-state index contributed by atoms with van der Waals surface area (Å²) in [4.78, 5) is 34.3. The molecule has 0 bridgehead atoms. The van der Waals surface area contributed by atoms with E-state index >= 15 is 0 Å². The Morgan fingerprint density at radius 3 is 2.55 bits per heavy atom. The summed E-state index contributed by atoms with van der Waals surface area (Å²) in [6, 6.07) is 5.67. The van der Waals surface area contributed by atoms with E-state index in [1.54, 1.807) is 12.1 Å². The monoisotopic (exact) mass is 280 g/mol. The van der Waals surface area contributed by atoms with Gasteiger partial charge in [0.25, 0.3) is 5.91 Å². The highest BCUT2D eigenvalue weighted by Gasteiger charge is 2.20. The predicted molar refractivity (Wildman–Crippen MR) is 70.5 cm³/mol. The second kappa shape index (κ2) is 7.13. The van der Waals surface area contributed by atoms with Crippen LogP contribution in [-0.2, 0) is 9.53 Å². The van der Waals surface area contributed by atoms with E-state index in [4.69, 9.17) is 9.47 Å². The van der Waals surface area contributed by atoms with Gasteiger partial charge in [0.05, 0.1) is 12.7 Å². The van der Waals surface area contributed by atoms with Crippen molar-refractivity contribution in [2.24, 2.45) is 0 Å². The molecule has 0 aliphatic carbocycles. The number of hydrogen-bond donors (Lipinski definition) is 2. The largest absolute Gasteiger partial charge is 0.497 e. The van der Waals surface area contributed by atoms with E-state index in [-0.39, 0.29) is 5.56 Å². The molecule has 7 heteroatoms. The smallest absolute Gasteiger partial charge is 0.339 e. The van der Waals surface area contributed by atoms with Crippen LogP contribution >= 0.6 is 0 Å².